The Morgan fingerprint density at radius 3 is 2.68 bits per heavy atom. The molecule has 1 amide bonds. The van der Waals surface area contributed by atoms with E-state index in [1.54, 1.807) is 13.2 Å². The van der Waals surface area contributed by atoms with Gasteiger partial charge in [0.15, 0.2) is 11.5 Å². The van der Waals surface area contributed by atoms with Crippen molar-refractivity contribution in [2.24, 2.45) is 0 Å². The lowest BCUT2D eigenvalue weighted by atomic mass is 10.0. The second-order valence-corrected chi connectivity index (χ2v) is 8.14. The maximum Gasteiger partial charge on any atom is 0.244 e. The fourth-order valence-electron chi connectivity index (χ4n) is 3.84. The van der Waals surface area contributed by atoms with Gasteiger partial charge in [0.25, 0.3) is 0 Å². The van der Waals surface area contributed by atoms with Gasteiger partial charge >= 0.3 is 0 Å². The maximum absolute atomic E-state index is 12.4. The summed E-state index contributed by atoms with van der Waals surface area (Å²) in [6.45, 7) is 7.82. The highest BCUT2D eigenvalue weighted by molar-refractivity contribution is 5.92. The number of nitrogens with zero attached hydrogens (tertiary/aromatic N) is 1. The molecule has 5 nitrogen and oxygen atoms in total. The molecule has 166 valence electrons. The molecule has 0 atom stereocenters. The number of carbonyl (C=O) groups excluding carboxylic acids is 1. The minimum Gasteiger partial charge on any atom is -0.493 e. The summed E-state index contributed by atoms with van der Waals surface area (Å²) in [6.07, 6.45) is 6.30. The first-order valence-corrected chi connectivity index (χ1v) is 11.1. The Kier molecular flexibility index (Phi) is 8.53. The number of carbonyl (C=O) groups is 1. The Bertz CT molecular complexity index is 886. The standard InChI is InChI=1S/C26H34N2O3/c1-4-16-31-24-10-8-21(18-25(24)30-3)9-11-26(29)27-23-12-14-28(15-13-23)19-22-7-5-6-20(2)17-22/h5-11,17-18,23H,4,12-16,19H2,1-3H3,(H,27,29)/b11-9+. The molecule has 0 bridgehead atoms. The molecule has 31 heavy (non-hydrogen) atoms. The highest BCUT2D eigenvalue weighted by Crippen LogP contribution is 2.28. The number of nitrogens with one attached hydrogen (secondary N) is 1. The van der Waals surface area contributed by atoms with Gasteiger partial charge in [-0.3, -0.25) is 9.69 Å². The number of likely N-dealkylation sites (tertiary alicyclic amines) is 1. The zero-order valence-corrected chi connectivity index (χ0v) is 18.9. The second kappa shape index (κ2) is 11.6. The van der Waals surface area contributed by atoms with Gasteiger partial charge in [-0.1, -0.05) is 42.8 Å². The molecule has 0 radical (unpaired) electrons. The molecule has 2 aromatic carbocycles. The Labute approximate surface area is 186 Å². The third-order valence-electron chi connectivity index (χ3n) is 5.50. The van der Waals surface area contributed by atoms with Crippen LogP contribution in [0.5, 0.6) is 11.5 Å². The van der Waals surface area contributed by atoms with Crippen molar-refractivity contribution in [3.05, 3.63) is 65.2 Å². The summed E-state index contributed by atoms with van der Waals surface area (Å²) in [5.41, 5.74) is 3.56. The first kappa shape index (κ1) is 22.9. The van der Waals surface area contributed by atoms with Crippen molar-refractivity contribution in [1.82, 2.24) is 10.2 Å². The molecule has 0 saturated carbocycles. The second-order valence-electron chi connectivity index (χ2n) is 8.14. The topological polar surface area (TPSA) is 50.8 Å². The zero-order valence-electron chi connectivity index (χ0n) is 18.9. The van der Waals surface area contributed by atoms with E-state index in [1.165, 1.54) is 11.1 Å². The molecule has 1 N–H and O–H groups in total. The van der Waals surface area contributed by atoms with Crippen molar-refractivity contribution in [3.63, 3.8) is 0 Å². The first-order chi connectivity index (χ1) is 15.1. The van der Waals surface area contributed by atoms with Gasteiger partial charge in [0, 0.05) is 31.8 Å². The van der Waals surface area contributed by atoms with Gasteiger partial charge < -0.3 is 14.8 Å². The van der Waals surface area contributed by atoms with Crippen LogP contribution in [0.3, 0.4) is 0 Å². The Morgan fingerprint density at radius 1 is 1.16 bits per heavy atom. The lowest BCUT2D eigenvalue weighted by Crippen LogP contribution is -2.43. The van der Waals surface area contributed by atoms with Crippen molar-refractivity contribution in [1.29, 1.82) is 0 Å². The Balaban J connectivity index is 1.46. The largest absolute Gasteiger partial charge is 0.493 e. The summed E-state index contributed by atoms with van der Waals surface area (Å²) in [6, 6.07) is 14.6. The van der Waals surface area contributed by atoms with E-state index in [2.05, 4.69) is 48.3 Å². The highest BCUT2D eigenvalue weighted by Gasteiger charge is 2.20. The molecule has 1 aliphatic rings. The highest BCUT2D eigenvalue weighted by atomic mass is 16.5. The Hall–Kier alpha value is -2.79. The monoisotopic (exact) mass is 422 g/mol. The quantitative estimate of drug-likeness (QED) is 0.601. The van der Waals surface area contributed by atoms with Crippen molar-refractivity contribution >= 4 is 12.0 Å². The van der Waals surface area contributed by atoms with Crippen LogP contribution in [0, 0.1) is 6.92 Å². The fraction of sp³-hybridized carbons (Fsp3) is 0.423. The third-order valence-corrected chi connectivity index (χ3v) is 5.50. The Morgan fingerprint density at radius 2 is 1.97 bits per heavy atom. The molecule has 0 spiro atoms. The average molecular weight is 423 g/mol. The number of rotatable bonds is 9. The normalized spacial score (nSPS) is 15.2. The van der Waals surface area contributed by atoms with Crippen LogP contribution in [0.15, 0.2) is 48.5 Å². The molecule has 1 aliphatic heterocycles. The number of piperidine rings is 1. The fourth-order valence-corrected chi connectivity index (χ4v) is 3.84. The zero-order chi connectivity index (χ0) is 22.1. The van der Waals surface area contributed by atoms with Crippen LogP contribution in [-0.4, -0.2) is 43.7 Å². The summed E-state index contributed by atoms with van der Waals surface area (Å²) >= 11 is 0. The number of aryl methyl sites for hydroxylation is 1. The summed E-state index contributed by atoms with van der Waals surface area (Å²) in [5.74, 6) is 1.35. The molecule has 5 heteroatoms. The van der Waals surface area contributed by atoms with Crippen molar-refractivity contribution < 1.29 is 14.3 Å². The summed E-state index contributed by atoms with van der Waals surface area (Å²) in [7, 11) is 1.62. The van der Waals surface area contributed by atoms with E-state index in [9.17, 15) is 4.79 Å². The van der Waals surface area contributed by atoms with Crippen LogP contribution in [0.1, 0.15) is 42.9 Å². The van der Waals surface area contributed by atoms with Crippen LogP contribution < -0.4 is 14.8 Å². The van der Waals surface area contributed by atoms with Crippen LogP contribution in [0.2, 0.25) is 0 Å². The number of hydrogen-bond donors (Lipinski definition) is 1. The molecular formula is C26H34N2O3. The SMILES string of the molecule is CCCOc1ccc(/C=C/C(=O)NC2CCN(Cc3cccc(C)c3)CC2)cc1OC. The van der Waals surface area contributed by atoms with E-state index < -0.39 is 0 Å². The molecule has 2 aromatic rings. The van der Waals surface area contributed by atoms with Crippen molar-refractivity contribution in [2.45, 2.75) is 45.7 Å². The number of ether oxygens (including phenoxy) is 2. The molecule has 0 aromatic heterocycles. The van der Waals surface area contributed by atoms with Crippen molar-refractivity contribution in [3.8, 4) is 11.5 Å². The van der Waals surface area contributed by atoms with E-state index in [0.29, 0.717) is 12.4 Å². The van der Waals surface area contributed by atoms with E-state index in [1.807, 2.05) is 24.3 Å². The predicted octanol–water partition coefficient (Wildman–Crippen LogP) is 4.59. The van der Waals surface area contributed by atoms with Crippen LogP contribution >= 0.6 is 0 Å². The maximum atomic E-state index is 12.4. The number of benzene rings is 2. The molecule has 1 fully saturated rings. The number of amides is 1. The van der Waals surface area contributed by atoms with Gasteiger partial charge in [-0.15, -0.1) is 0 Å². The van der Waals surface area contributed by atoms with Crippen LogP contribution in [0.4, 0.5) is 0 Å². The van der Waals surface area contributed by atoms with Gasteiger partial charge in [-0.2, -0.15) is 0 Å². The summed E-state index contributed by atoms with van der Waals surface area (Å²) in [5, 5.41) is 3.14. The minimum absolute atomic E-state index is 0.0533. The molecule has 0 aliphatic carbocycles. The van der Waals surface area contributed by atoms with Gasteiger partial charge in [-0.25, -0.2) is 0 Å². The van der Waals surface area contributed by atoms with Gasteiger partial charge in [-0.05, 0) is 55.5 Å². The van der Waals surface area contributed by atoms with Crippen LogP contribution in [-0.2, 0) is 11.3 Å². The third kappa shape index (κ3) is 7.14. The molecule has 1 saturated heterocycles. The van der Waals surface area contributed by atoms with E-state index in [4.69, 9.17) is 9.47 Å². The van der Waals surface area contributed by atoms with Gasteiger partial charge in [0.05, 0.1) is 13.7 Å². The molecule has 3 rings (SSSR count). The predicted molar refractivity (Wildman–Crippen MR) is 125 cm³/mol. The summed E-state index contributed by atoms with van der Waals surface area (Å²) in [4.78, 5) is 14.8. The lowest BCUT2D eigenvalue weighted by molar-refractivity contribution is -0.117. The molecular weight excluding hydrogens is 388 g/mol. The minimum atomic E-state index is -0.0533. The van der Waals surface area contributed by atoms with E-state index in [-0.39, 0.29) is 11.9 Å². The lowest BCUT2D eigenvalue weighted by Gasteiger charge is -2.32. The van der Waals surface area contributed by atoms with Gasteiger partial charge in [0.2, 0.25) is 5.91 Å². The van der Waals surface area contributed by atoms with E-state index >= 15 is 0 Å². The van der Waals surface area contributed by atoms with Gasteiger partial charge in [0.1, 0.15) is 0 Å². The number of methoxy groups -OCH3 is 1. The first-order valence-electron chi connectivity index (χ1n) is 11.1. The smallest absolute Gasteiger partial charge is 0.244 e. The summed E-state index contributed by atoms with van der Waals surface area (Å²) < 4.78 is 11.1. The molecule has 0 unspecified atom stereocenters. The number of hydrogen-bond acceptors (Lipinski definition) is 4. The van der Waals surface area contributed by atoms with E-state index in [0.717, 1.165) is 50.2 Å². The molecule has 1 heterocycles. The van der Waals surface area contributed by atoms with Crippen molar-refractivity contribution in [2.75, 3.05) is 26.8 Å². The average Bonchev–Trinajstić information content (AvgIpc) is 2.78. The van der Waals surface area contributed by atoms with Crippen LogP contribution in [0.25, 0.3) is 6.08 Å².